The second-order valence-electron chi connectivity index (χ2n) is 6.27. The van der Waals surface area contributed by atoms with Gasteiger partial charge in [-0.15, -0.1) is 0 Å². The number of rotatable bonds is 3. The van der Waals surface area contributed by atoms with Gasteiger partial charge in [-0.1, -0.05) is 6.92 Å². The monoisotopic (exact) mass is 276 g/mol. The summed E-state index contributed by atoms with van der Waals surface area (Å²) in [5, 5.41) is 3.47. The van der Waals surface area contributed by atoms with E-state index >= 15 is 0 Å². The minimum atomic E-state index is 0.0499. The summed E-state index contributed by atoms with van der Waals surface area (Å²) in [5.74, 6) is 1.96. The van der Waals surface area contributed by atoms with Crippen molar-refractivity contribution in [2.75, 3.05) is 24.5 Å². The number of nitrogens with one attached hydrogen (secondary N) is 1. The van der Waals surface area contributed by atoms with Crippen LogP contribution in [0.5, 0.6) is 0 Å². The average molecular weight is 276 g/mol. The number of nitrogens with zero attached hydrogens (tertiary/aromatic N) is 3. The van der Waals surface area contributed by atoms with E-state index in [1.165, 1.54) is 0 Å². The van der Waals surface area contributed by atoms with Gasteiger partial charge in [0, 0.05) is 44.1 Å². The zero-order valence-corrected chi connectivity index (χ0v) is 12.5. The van der Waals surface area contributed by atoms with E-state index in [0.717, 1.165) is 26.1 Å². The van der Waals surface area contributed by atoms with Crippen LogP contribution in [-0.4, -0.2) is 35.2 Å². The van der Waals surface area contributed by atoms with Crippen molar-refractivity contribution in [1.29, 1.82) is 0 Å². The first-order valence-electron chi connectivity index (χ1n) is 7.68. The predicted molar refractivity (Wildman–Crippen MR) is 80.2 cm³/mol. The van der Waals surface area contributed by atoms with Crippen LogP contribution in [0.4, 0.5) is 5.82 Å². The van der Waals surface area contributed by atoms with Gasteiger partial charge in [0.1, 0.15) is 0 Å². The van der Waals surface area contributed by atoms with Crippen molar-refractivity contribution in [3.05, 3.63) is 22.7 Å². The van der Waals surface area contributed by atoms with Gasteiger partial charge in [0.05, 0.1) is 0 Å². The van der Waals surface area contributed by atoms with Crippen LogP contribution in [0.3, 0.4) is 0 Å². The minimum absolute atomic E-state index is 0.0499. The molecule has 3 atom stereocenters. The Kier molecular flexibility index (Phi) is 3.54. The summed E-state index contributed by atoms with van der Waals surface area (Å²) in [5.41, 5.74) is 0.0499. The van der Waals surface area contributed by atoms with Crippen LogP contribution in [0.1, 0.15) is 33.2 Å². The molecule has 0 bridgehead atoms. The van der Waals surface area contributed by atoms with Gasteiger partial charge in [-0.05, 0) is 32.1 Å². The zero-order chi connectivity index (χ0) is 14.3. The first kappa shape index (κ1) is 13.6. The van der Waals surface area contributed by atoms with Gasteiger partial charge in [-0.2, -0.15) is 0 Å². The molecule has 5 heteroatoms. The van der Waals surface area contributed by atoms with Crippen molar-refractivity contribution < 1.29 is 0 Å². The Morgan fingerprint density at radius 3 is 2.95 bits per heavy atom. The van der Waals surface area contributed by atoms with E-state index in [9.17, 15) is 4.79 Å². The number of anilines is 1. The molecule has 2 saturated heterocycles. The zero-order valence-electron chi connectivity index (χ0n) is 12.5. The second-order valence-corrected chi connectivity index (χ2v) is 6.27. The number of fused-ring (bicyclic) bond motifs is 1. The Morgan fingerprint density at radius 1 is 1.45 bits per heavy atom. The summed E-state index contributed by atoms with van der Waals surface area (Å²) < 4.78 is 1.78. The Bertz CT molecular complexity index is 539. The van der Waals surface area contributed by atoms with E-state index in [1.54, 1.807) is 17.0 Å². The number of hydrogen-bond donors (Lipinski definition) is 1. The molecule has 2 aliphatic heterocycles. The topological polar surface area (TPSA) is 50.2 Å². The molecule has 2 fully saturated rings. The molecule has 110 valence electrons. The molecule has 0 aliphatic carbocycles. The number of hydrogen-bond acceptors (Lipinski definition) is 4. The van der Waals surface area contributed by atoms with E-state index in [0.29, 0.717) is 23.7 Å². The average Bonchev–Trinajstić information content (AvgIpc) is 2.98. The summed E-state index contributed by atoms with van der Waals surface area (Å²) in [6.45, 7) is 9.38. The normalized spacial score (nSPS) is 29.2. The van der Waals surface area contributed by atoms with Crippen molar-refractivity contribution in [1.82, 2.24) is 14.9 Å². The standard InChI is InChI=1S/C15H24N4O/c1-4-13-12-8-16-7-11(12)9-19(13)14-15(20)18(10(2)3)6-5-17-14/h5-6,10-13,16H,4,7-9H2,1-3H3. The van der Waals surface area contributed by atoms with E-state index in [4.69, 9.17) is 0 Å². The Morgan fingerprint density at radius 2 is 2.25 bits per heavy atom. The second kappa shape index (κ2) is 5.20. The third-order valence-electron chi connectivity index (χ3n) is 4.81. The van der Waals surface area contributed by atoms with Crippen molar-refractivity contribution in [3.63, 3.8) is 0 Å². The molecule has 5 nitrogen and oxygen atoms in total. The van der Waals surface area contributed by atoms with Gasteiger partial charge < -0.3 is 14.8 Å². The Labute approximate surface area is 120 Å². The molecule has 0 saturated carbocycles. The molecule has 2 aliphatic rings. The van der Waals surface area contributed by atoms with Crippen LogP contribution in [0.2, 0.25) is 0 Å². The molecule has 0 spiro atoms. The van der Waals surface area contributed by atoms with Crippen LogP contribution in [0.15, 0.2) is 17.2 Å². The molecule has 0 radical (unpaired) electrons. The maximum atomic E-state index is 12.6. The van der Waals surface area contributed by atoms with Gasteiger partial charge in [-0.3, -0.25) is 4.79 Å². The minimum Gasteiger partial charge on any atom is -0.348 e. The Balaban J connectivity index is 1.97. The summed E-state index contributed by atoms with van der Waals surface area (Å²) in [4.78, 5) is 19.3. The van der Waals surface area contributed by atoms with Crippen molar-refractivity contribution in [2.45, 2.75) is 39.3 Å². The fourth-order valence-electron chi connectivity index (χ4n) is 3.81. The SMILES string of the molecule is CCC1C2CNCC2CN1c1nccn(C(C)C)c1=O. The van der Waals surface area contributed by atoms with Gasteiger partial charge in [0.15, 0.2) is 5.82 Å². The lowest BCUT2D eigenvalue weighted by atomic mass is 9.93. The van der Waals surface area contributed by atoms with Crippen LogP contribution in [-0.2, 0) is 0 Å². The highest BCUT2D eigenvalue weighted by atomic mass is 16.1. The van der Waals surface area contributed by atoms with Crippen LogP contribution >= 0.6 is 0 Å². The first-order valence-corrected chi connectivity index (χ1v) is 7.68. The van der Waals surface area contributed by atoms with Crippen molar-refractivity contribution >= 4 is 5.82 Å². The lowest BCUT2D eigenvalue weighted by Gasteiger charge is -2.27. The molecule has 1 aromatic heterocycles. The van der Waals surface area contributed by atoms with Crippen molar-refractivity contribution in [2.24, 2.45) is 11.8 Å². The molecule has 1 aromatic rings. The highest BCUT2D eigenvalue weighted by Gasteiger charge is 2.44. The molecule has 1 N–H and O–H groups in total. The lowest BCUT2D eigenvalue weighted by molar-refractivity contribution is 0.440. The largest absolute Gasteiger partial charge is 0.348 e. The molecule has 20 heavy (non-hydrogen) atoms. The molecule has 0 aromatic carbocycles. The van der Waals surface area contributed by atoms with Crippen LogP contribution in [0.25, 0.3) is 0 Å². The Hall–Kier alpha value is -1.36. The summed E-state index contributed by atoms with van der Waals surface area (Å²) in [7, 11) is 0. The van der Waals surface area contributed by atoms with Crippen LogP contribution < -0.4 is 15.8 Å². The summed E-state index contributed by atoms with van der Waals surface area (Å²) in [6.07, 6.45) is 4.62. The maximum absolute atomic E-state index is 12.6. The van der Waals surface area contributed by atoms with E-state index in [2.05, 4.69) is 22.1 Å². The molecular weight excluding hydrogens is 252 g/mol. The van der Waals surface area contributed by atoms with E-state index in [1.807, 2.05) is 13.8 Å². The molecular formula is C15H24N4O. The molecule has 3 heterocycles. The molecule has 0 amide bonds. The fraction of sp³-hybridized carbons (Fsp3) is 0.733. The predicted octanol–water partition coefficient (Wildman–Crippen LogP) is 1.26. The fourth-order valence-corrected chi connectivity index (χ4v) is 3.81. The smallest absolute Gasteiger partial charge is 0.293 e. The summed E-state index contributed by atoms with van der Waals surface area (Å²) in [6, 6.07) is 0.617. The third-order valence-corrected chi connectivity index (χ3v) is 4.81. The molecule has 3 unspecified atom stereocenters. The highest BCUT2D eigenvalue weighted by molar-refractivity contribution is 5.40. The van der Waals surface area contributed by atoms with Gasteiger partial charge >= 0.3 is 0 Å². The van der Waals surface area contributed by atoms with Crippen molar-refractivity contribution in [3.8, 4) is 0 Å². The lowest BCUT2D eigenvalue weighted by Crippen LogP contribution is -2.40. The third kappa shape index (κ3) is 2.04. The van der Waals surface area contributed by atoms with Crippen LogP contribution in [0, 0.1) is 11.8 Å². The summed E-state index contributed by atoms with van der Waals surface area (Å²) >= 11 is 0. The molecule has 3 rings (SSSR count). The van der Waals surface area contributed by atoms with E-state index < -0.39 is 0 Å². The van der Waals surface area contributed by atoms with E-state index in [-0.39, 0.29) is 11.6 Å². The first-order chi connectivity index (χ1) is 9.63. The number of aromatic nitrogens is 2. The maximum Gasteiger partial charge on any atom is 0.293 e. The highest BCUT2D eigenvalue weighted by Crippen LogP contribution is 2.35. The quantitative estimate of drug-likeness (QED) is 0.903. The van der Waals surface area contributed by atoms with Gasteiger partial charge in [0.25, 0.3) is 5.56 Å². The van der Waals surface area contributed by atoms with Gasteiger partial charge in [0.2, 0.25) is 0 Å². The van der Waals surface area contributed by atoms with Gasteiger partial charge in [-0.25, -0.2) is 4.98 Å².